The van der Waals surface area contributed by atoms with Gasteiger partial charge < -0.3 is 4.52 Å². The number of carbonyl (C=O) groups is 1. The first-order chi connectivity index (χ1) is 11.1. The number of nitrogens with one attached hydrogen (secondary N) is 2. The van der Waals surface area contributed by atoms with Gasteiger partial charge in [-0.05, 0) is 46.1 Å². The Labute approximate surface area is 137 Å². The lowest BCUT2D eigenvalue weighted by atomic mass is 10.1. The molecule has 0 fully saturated rings. The number of amides is 2. The van der Waals surface area contributed by atoms with Gasteiger partial charge >= 0.3 is 6.03 Å². The standard InChI is InChI=1S/C16H18N4O2S/c1-11(2)14-9-15(22-19-14)18-16(21)20-23-8-5-13(10-23)12-3-6-17-7-4-12/h3-11,23H,1-2H3,(H2,18,20,21). The van der Waals surface area contributed by atoms with Gasteiger partial charge in [0.15, 0.2) is 0 Å². The van der Waals surface area contributed by atoms with E-state index >= 15 is 0 Å². The summed E-state index contributed by atoms with van der Waals surface area (Å²) >= 11 is -0.836. The first-order valence-electron chi connectivity index (χ1n) is 7.25. The van der Waals surface area contributed by atoms with E-state index in [9.17, 15) is 4.79 Å². The molecular formula is C16H18N4O2S. The lowest BCUT2D eigenvalue weighted by molar-refractivity contribution is 0.256. The van der Waals surface area contributed by atoms with Gasteiger partial charge in [-0.2, -0.15) is 0 Å². The predicted octanol–water partition coefficient (Wildman–Crippen LogP) is 3.80. The van der Waals surface area contributed by atoms with Crippen LogP contribution in [0.25, 0.3) is 5.57 Å². The van der Waals surface area contributed by atoms with Crippen LogP contribution in [0.2, 0.25) is 0 Å². The van der Waals surface area contributed by atoms with E-state index in [1.807, 2.05) is 42.9 Å². The molecule has 1 unspecified atom stereocenters. The number of allylic oxidation sites excluding steroid dienone is 2. The molecule has 0 aliphatic carbocycles. The molecule has 0 radical (unpaired) electrons. The number of anilines is 1. The van der Waals surface area contributed by atoms with Crippen molar-refractivity contribution >= 4 is 28.6 Å². The van der Waals surface area contributed by atoms with Crippen molar-refractivity contribution in [1.82, 2.24) is 14.9 Å². The number of thiol groups is 1. The number of hydrogen-bond donors (Lipinski definition) is 3. The van der Waals surface area contributed by atoms with Crippen LogP contribution in [-0.4, -0.2) is 16.2 Å². The molecule has 0 spiro atoms. The number of hydrogen-bond acceptors (Lipinski definition) is 4. The topological polar surface area (TPSA) is 80.0 Å². The van der Waals surface area contributed by atoms with Crippen LogP contribution in [0.1, 0.15) is 31.0 Å². The monoisotopic (exact) mass is 330 g/mol. The third kappa shape index (κ3) is 3.81. The summed E-state index contributed by atoms with van der Waals surface area (Å²) in [6, 6.07) is 5.31. The highest BCUT2D eigenvalue weighted by Gasteiger charge is 2.13. The molecule has 2 aromatic rings. The van der Waals surface area contributed by atoms with E-state index in [0.717, 1.165) is 16.8 Å². The quantitative estimate of drug-likeness (QED) is 0.745. The molecule has 0 saturated heterocycles. The zero-order valence-electron chi connectivity index (χ0n) is 12.9. The first kappa shape index (κ1) is 15.4. The largest absolute Gasteiger partial charge is 0.338 e. The van der Waals surface area contributed by atoms with Crippen LogP contribution in [0, 0.1) is 0 Å². The fraction of sp³-hybridized carbons (Fsp3) is 0.188. The summed E-state index contributed by atoms with van der Waals surface area (Å²) in [7, 11) is 0. The Hall–Kier alpha value is -2.54. The highest BCUT2D eigenvalue weighted by Crippen LogP contribution is 2.36. The van der Waals surface area contributed by atoms with Crippen molar-refractivity contribution in [3.63, 3.8) is 0 Å². The normalized spacial score (nSPS) is 18.0. The maximum Gasteiger partial charge on any atom is 0.330 e. The molecule has 1 atom stereocenters. The Bertz CT molecular complexity index is 752. The summed E-state index contributed by atoms with van der Waals surface area (Å²) in [5.74, 6) is 0.605. The van der Waals surface area contributed by atoms with E-state index in [4.69, 9.17) is 4.52 Å². The van der Waals surface area contributed by atoms with E-state index in [1.165, 1.54) is 0 Å². The van der Waals surface area contributed by atoms with Gasteiger partial charge in [0.25, 0.3) is 0 Å². The average Bonchev–Trinajstić information content (AvgIpc) is 3.18. The molecule has 7 heteroatoms. The van der Waals surface area contributed by atoms with E-state index in [1.54, 1.807) is 18.5 Å². The SMILES string of the molecule is CC(C)c1cc(NC(=O)N[SH]2C=CC(c3ccncc3)=C2)on1. The second-order valence-electron chi connectivity index (χ2n) is 5.38. The summed E-state index contributed by atoms with van der Waals surface area (Å²) in [5, 5.41) is 10.6. The Kier molecular flexibility index (Phi) is 4.47. The van der Waals surface area contributed by atoms with Crippen LogP contribution in [-0.2, 0) is 0 Å². The molecule has 2 amide bonds. The molecule has 1 aliphatic rings. The summed E-state index contributed by atoms with van der Waals surface area (Å²) in [6.07, 6.45) is 5.51. The van der Waals surface area contributed by atoms with Crippen LogP contribution in [0.5, 0.6) is 0 Å². The number of nitrogens with zero attached hydrogens (tertiary/aromatic N) is 2. The molecule has 23 heavy (non-hydrogen) atoms. The van der Waals surface area contributed by atoms with Crippen LogP contribution < -0.4 is 10.0 Å². The minimum atomic E-state index is -0.836. The minimum absolute atomic E-state index is 0.255. The molecule has 120 valence electrons. The lowest BCUT2D eigenvalue weighted by Gasteiger charge is -2.12. The Balaban J connectivity index is 1.58. The van der Waals surface area contributed by atoms with Gasteiger partial charge in [0.2, 0.25) is 5.88 Å². The summed E-state index contributed by atoms with van der Waals surface area (Å²) in [5.41, 5.74) is 2.98. The second-order valence-corrected chi connectivity index (χ2v) is 6.97. The predicted molar refractivity (Wildman–Crippen MR) is 93.1 cm³/mol. The fourth-order valence-corrected chi connectivity index (χ4v) is 3.43. The van der Waals surface area contributed by atoms with Crippen LogP contribution in [0.15, 0.2) is 52.0 Å². The van der Waals surface area contributed by atoms with Crippen molar-refractivity contribution in [1.29, 1.82) is 0 Å². The smallest absolute Gasteiger partial charge is 0.330 e. The van der Waals surface area contributed by atoms with E-state index in [-0.39, 0.29) is 11.9 Å². The van der Waals surface area contributed by atoms with Gasteiger partial charge in [0, 0.05) is 18.5 Å². The highest BCUT2D eigenvalue weighted by atomic mass is 32.2. The van der Waals surface area contributed by atoms with E-state index in [0.29, 0.717) is 5.88 Å². The van der Waals surface area contributed by atoms with Crippen molar-refractivity contribution < 1.29 is 9.32 Å². The van der Waals surface area contributed by atoms with Crippen molar-refractivity contribution in [3.8, 4) is 0 Å². The Morgan fingerprint density at radius 1 is 1.30 bits per heavy atom. The summed E-state index contributed by atoms with van der Waals surface area (Å²) < 4.78 is 8.01. The molecule has 0 aromatic carbocycles. The molecule has 2 aromatic heterocycles. The molecular weight excluding hydrogens is 312 g/mol. The number of urea groups is 1. The maximum atomic E-state index is 12.0. The van der Waals surface area contributed by atoms with Gasteiger partial charge in [0.1, 0.15) is 0 Å². The zero-order valence-corrected chi connectivity index (χ0v) is 13.7. The van der Waals surface area contributed by atoms with Crippen molar-refractivity contribution in [2.75, 3.05) is 5.32 Å². The zero-order chi connectivity index (χ0) is 16.2. The van der Waals surface area contributed by atoms with Crippen LogP contribution >= 0.6 is 11.1 Å². The average molecular weight is 330 g/mol. The molecule has 3 heterocycles. The van der Waals surface area contributed by atoms with E-state index in [2.05, 4.69) is 20.2 Å². The molecule has 6 nitrogen and oxygen atoms in total. The molecule has 0 saturated carbocycles. The molecule has 0 bridgehead atoms. The molecule has 3 rings (SSSR count). The third-order valence-electron chi connectivity index (χ3n) is 3.29. The molecule has 2 N–H and O–H groups in total. The van der Waals surface area contributed by atoms with Crippen LogP contribution in [0.4, 0.5) is 10.7 Å². The van der Waals surface area contributed by atoms with Gasteiger partial charge in [-0.1, -0.05) is 19.0 Å². The van der Waals surface area contributed by atoms with Gasteiger partial charge in [-0.3, -0.25) is 15.0 Å². The van der Waals surface area contributed by atoms with Gasteiger partial charge in [-0.25, -0.2) is 4.79 Å². The fourth-order valence-electron chi connectivity index (χ4n) is 2.06. The summed E-state index contributed by atoms with van der Waals surface area (Å²) in [4.78, 5) is 16.0. The number of aromatic nitrogens is 2. The number of rotatable bonds is 4. The Morgan fingerprint density at radius 3 is 2.78 bits per heavy atom. The third-order valence-corrected chi connectivity index (χ3v) is 4.78. The van der Waals surface area contributed by atoms with Crippen molar-refractivity contribution in [2.24, 2.45) is 0 Å². The Morgan fingerprint density at radius 2 is 2.09 bits per heavy atom. The number of carbonyl (C=O) groups excluding carboxylic acids is 1. The van der Waals surface area contributed by atoms with Gasteiger partial charge in [0.05, 0.1) is 5.69 Å². The van der Waals surface area contributed by atoms with Crippen molar-refractivity contribution in [2.45, 2.75) is 19.8 Å². The van der Waals surface area contributed by atoms with E-state index < -0.39 is 11.1 Å². The second kappa shape index (κ2) is 6.70. The minimum Gasteiger partial charge on any atom is -0.338 e. The van der Waals surface area contributed by atoms with Gasteiger partial charge in [-0.15, -0.1) is 11.1 Å². The first-order valence-corrected chi connectivity index (χ1v) is 8.73. The van der Waals surface area contributed by atoms with Crippen LogP contribution in [0.3, 0.4) is 0 Å². The number of pyridine rings is 1. The molecule has 1 aliphatic heterocycles. The summed E-state index contributed by atoms with van der Waals surface area (Å²) in [6.45, 7) is 4.03. The highest BCUT2D eigenvalue weighted by molar-refractivity contribution is 8.21. The van der Waals surface area contributed by atoms with Crippen molar-refractivity contribution in [3.05, 3.63) is 58.7 Å². The lowest BCUT2D eigenvalue weighted by Crippen LogP contribution is -2.24. The maximum absolute atomic E-state index is 12.0.